The van der Waals surface area contributed by atoms with Crippen molar-refractivity contribution >= 4 is 27.3 Å². The predicted molar refractivity (Wildman–Crippen MR) is 122 cm³/mol. The van der Waals surface area contributed by atoms with E-state index in [2.05, 4.69) is 35.3 Å². The summed E-state index contributed by atoms with van der Waals surface area (Å²) in [5.41, 5.74) is 4.77. The molecule has 30 heavy (non-hydrogen) atoms. The number of anilines is 2. The van der Waals surface area contributed by atoms with E-state index in [1.807, 2.05) is 13.8 Å². The molecule has 0 radical (unpaired) electrons. The van der Waals surface area contributed by atoms with Gasteiger partial charge in [0.05, 0.1) is 11.4 Å². The average molecular weight is 430 g/mol. The Bertz CT molecular complexity index is 1030. The maximum absolute atomic E-state index is 12.9. The Morgan fingerprint density at radius 3 is 2.53 bits per heavy atom. The van der Waals surface area contributed by atoms with Crippen LogP contribution in [-0.4, -0.2) is 44.8 Å². The highest BCUT2D eigenvalue weighted by Crippen LogP contribution is 2.28. The second kappa shape index (κ2) is 9.18. The molecule has 0 spiro atoms. The maximum Gasteiger partial charge on any atom is 0.243 e. The molecule has 1 aliphatic heterocycles. The van der Waals surface area contributed by atoms with Gasteiger partial charge < -0.3 is 10.2 Å². The third-order valence-corrected chi connectivity index (χ3v) is 7.77. The Morgan fingerprint density at radius 2 is 1.83 bits per heavy atom. The molecule has 1 heterocycles. The fourth-order valence-electron chi connectivity index (χ4n) is 4.00. The molecule has 0 bridgehead atoms. The van der Waals surface area contributed by atoms with Gasteiger partial charge in [0, 0.05) is 31.0 Å². The molecular formula is C23H31N3O3S. The Labute approximate surface area is 179 Å². The molecule has 0 fully saturated rings. The number of fused-ring (bicyclic) bond motifs is 1. The van der Waals surface area contributed by atoms with Gasteiger partial charge in [-0.05, 0) is 56.0 Å². The number of nitrogens with zero attached hydrogens (tertiary/aromatic N) is 2. The first-order chi connectivity index (χ1) is 14.3. The fourth-order valence-corrected chi connectivity index (χ4v) is 5.71. The molecule has 1 amide bonds. The first-order valence-corrected chi connectivity index (χ1v) is 12.0. The summed E-state index contributed by atoms with van der Waals surface area (Å²) < 4.78 is 27.3. The lowest BCUT2D eigenvalue weighted by Crippen LogP contribution is -2.37. The van der Waals surface area contributed by atoms with Crippen molar-refractivity contribution in [3.8, 4) is 0 Å². The first kappa shape index (κ1) is 22.3. The highest BCUT2D eigenvalue weighted by molar-refractivity contribution is 7.89. The summed E-state index contributed by atoms with van der Waals surface area (Å²) in [7, 11) is -3.59. The number of sulfonamides is 1. The van der Waals surface area contributed by atoms with E-state index in [9.17, 15) is 13.2 Å². The zero-order valence-corrected chi connectivity index (χ0v) is 19.1. The van der Waals surface area contributed by atoms with Crippen LogP contribution >= 0.6 is 0 Å². The second-order valence-electron chi connectivity index (χ2n) is 7.78. The van der Waals surface area contributed by atoms with E-state index in [0.717, 1.165) is 25.1 Å². The highest BCUT2D eigenvalue weighted by atomic mass is 32.2. The van der Waals surface area contributed by atoms with Crippen molar-refractivity contribution in [2.24, 2.45) is 0 Å². The maximum atomic E-state index is 12.9. The van der Waals surface area contributed by atoms with E-state index in [1.165, 1.54) is 15.4 Å². The molecule has 7 heteroatoms. The van der Waals surface area contributed by atoms with E-state index < -0.39 is 10.0 Å². The Morgan fingerprint density at radius 1 is 1.10 bits per heavy atom. The smallest absolute Gasteiger partial charge is 0.243 e. The lowest BCUT2D eigenvalue weighted by Gasteiger charge is -2.31. The van der Waals surface area contributed by atoms with Gasteiger partial charge in [0.15, 0.2) is 0 Å². The Hall–Kier alpha value is -2.38. The van der Waals surface area contributed by atoms with Crippen molar-refractivity contribution in [2.75, 3.05) is 36.4 Å². The molecule has 2 aromatic rings. The van der Waals surface area contributed by atoms with E-state index in [-0.39, 0.29) is 17.3 Å². The van der Waals surface area contributed by atoms with Crippen LogP contribution < -0.4 is 10.2 Å². The van der Waals surface area contributed by atoms with E-state index in [1.54, 1.807) is 25.1 Å². The molecule has 3 rings (SSSR count). The summed E-state index contributed by atoms with van der Waals surface area (Å²) in [6.45, 7) is 9.37. The number of benzene rings is 2. The zero-order chi connectivity index (χ0) is 21.9. The van der Waals surface area contributed by atoms with Gasteiger partial charge in [-0.2, -0.15) is 4.31 Å². The molecule has 1 N–H and O–H groups in total. The summed E-state index contributed by atoms with van der Waals surface area (Å²) in [5.74, 6) is -0.154. The number of carbonyl (C=O) groups is 1. The van der Waals surface area contributed by atoms with Gasteiger partial charge in [0.25, 0.3) is 0 Å². The normalized spacial score (nSPS) is 14.0. The lowest BCUT2D eigenvalue weighted by molar-refractivity contribution is -0.115. The number of rotatable bonds is 7. The second-order valence-corrected chi connectivity index (χ2v) is 9.68. The molecule has 0 unspecified atom stereocenters. The van der Waals surface area contributed by atoms with Gasteiger partial charge in [-0.1, -0.05) is 37.6 Å². The first-order valence-electron chi connectivity index (χ1n) is 10.5. The van der Waals surface area contributed by atoms with Crippen LogP contribution in [0.15, 0.2) is 41.3 Å². The van der Waals surface area contributed by atoms with Crippen LogP contribution in [0.1, 0.15) is 37.0 Å². The third kappa shape index (κ3) is 4.68. The summed E-state index contributed by atoms with van der Waals surface area (Å²) in [6, 6.07) is 11.4. The Balaban J connectivity index is 1.77. The minimum atomic E-state index is -3.59. The van der Waals surface area contributed by atoms with Crippen LogP contribution in [-0.2, 0) is 21.2 Å². The molecule has 0 saturated carbocycles. The van der Waals surface area contributed by atoms with Crippen LogP contribution in [0.5, 0.6) is 0 Å². The van der Waals surface area contributed by atoms with Crippen molar-refractivity contribution in [3.05, 3.63) is 53.1 Å². The van der Waals surface area contributed by atoms with Gasteiger partial charge in [-0.3, -0.25) is 4.79 Å². The van der Waals surface area contributed by atoms with Crippen LogP contribution in [0.3, 0.4) is 0 Å². The van der Waals surface area contributed by atoms with E-state index in [4.69, 9.17) is 0 Å². The van der Waals surface area contributed by atoms with Crippen molar-refractivity contribution in [2.45, 2.75) is 45.4 Å². The molecule has 0 aliphatic carbocycles. The van der Waals surface area contributed by atoms with Crippen molar-refractivity contribution in [1.82, 2.24) is 4.31 Å². The third-order valence-electron chi connectivity index (χ3n) is 5.58. The number of aryl methyl sites for hydroxylation is 3. The molecule has 6 nitrogen and oxygen atoms in total. The predicted octanol–water partition coefficient (Wildman–Crippen LogP) is 3.73. The van der Waals surface area contributed by atoms with Crippen LogP contribution in [0, 0.1) is 13.8 Å². The summed E-state index contributed by atoms with van der Waals surface area (Å²) >= 11 is 0. The van der Waals surface area contributed by atoms with Gasteiger partial charge in [0.2, 0.25) is 15.9 Å². The van der Waals surface area contributed by atoms with Gasteiger partial charge in [-0.25, -0.2) is 8.42 Å². The SMILES string of the molecule is CCN(CC)S(=O)(=O)c1cc(NC(=O)CN2CCCc3cc(C)ccc32)ccc1C. The zero-order valence-electron chi connectivity index (χ0n) is 18.2. The minimum Gasteiger partial charge on any atom is -0.362 e. The lowest BCUT2D eigenvalue weighted by atomic mass is 9.99. The number of hydrogen-bond acceptors (Lipinski definition) is 4. The number of amides is 1. The highest BCUT2D eigenvalue weighted by Gasteiger charge is 2.24. The largest absolute Gasteiger partial charge is 0.362 e. The van der Waals surface area contributed by atoms with Crippen molar-refractivity contribution in [3.63, 3.8) is 0 Å². The molecule has 1 aliphatic rings. The quantitative estimate of drug-likeness (QED) is 0.728. The van der Waals surface area contributed by atoms with Crippen LogP contribution in [0.4, 0.5) is 11.4 Å². The van der Waals surface area contributed by atoms with Crippen molar-refractivity contribution in [1.29, 1.82) is 0 Å². The summed E-state index contributed by atoms with van der Waals surface area (Å²) in [4.78, 5) is 15.1. The van der Waals surface area contributed by atoms with Gasteiger partial charge >= 0.3 is 0 Å². The number of nitrogens with one attached hydrogen (secondary N) is 1. The average Bonchev–Trinajstić information content (AvgIpc) is 2.70. The number of hydrogen-bond donors (Lipinski definition) is 1. The summed E-state index contributed by atoms with van der Waals surface area (Å²) in [5, 5.41) is 2.88. The van der Waals surface area contributed by atoms with E-state index in [0.29, 0.717) is 24.3 Å². The number of carbonyl (C=O) groups excluding carboxylic acids is 1. The summed E-state index contributed by atoms with van der Waals surface area (Å²) in [6.07, 6.45) is 2.04. The van der Waals surface area contributed by atoms with Crippen molar-refractivity contribution < 1.29 is 13.2 Å². The van der Waals surface area contributed by atoms with Crippen LogP contribution in [0.2, 0.25) is 0 Å². The Kier molecular flexibility index (Phi) is 6.83. The molecule has 0 aromatic heterocycles. The molecule has 162 valence electrons. The van der Waals surface area contributed by atoms with E-state index >= 15 is 0 Å². The molecule has 2 aromatic carbocycles. The fraction of sp³-hybridized carbons (Fsp3) is 0.435. The van der Waals surface area contributed by atoms with Crippen LogP contribution in [0.25, 0.3) is 0 Å². The monoisotopic (exact) mass is 429 g/mol. The van der Waals surface area contributed by atoms with Gasteiger partial charge in [-0.15, -0.1) is 0 Å². The van der Waals surface area contributed by atoms with Gasteiger partial charge in [0.1, 0.15) is 0 Å². The topological polar surface area (TPSA) is 69.7 Å². The molecular weight excluding hydrogens is 398 g/mol. The standard InChI is InChI=1S/C23H31N3O3S/c1-5-26(6-2)30(28,29)22-15-20(11-10-18(22)4)24-23(27)16-25-13-7-8-19-14-17(3)9-12-21(19)25/h9-12,14-15H,5-8,13,16H2,1-4H3,(H,24,27). The molecule has 0 atom stereocenters. The minimum absolute atomic E-state index is 0.154. The molecule has 0 saturated heterocycles.